The second-order valence-corrected chi connectivity index (χ2v) is 15.9. The van der Waals surface area contributed by atoms with Crippen LogP contribution in [0.1, 0.15) is 44.2 Å². The molecule has 12 nitrogen and oxygen atoms in total. The molecule has 0 saturated carbocycles. The van der Waals surface area contributed by atoms with Crippen molar-refractivity contribution >= 4 is 73.0 Å². The maximum Gasteiger partial charge on any atom is 0.489 e. The van der Waals surface area contributed by atoms with E-state index >= 15 is 0 Å². The van der Waals surface area contributed by atoms with Crippen molar-refractivity contribution in [2.75, 3.05) is 0 Å². The summed E-state index contributed by atoms with van der Waals surface area (Å²) in [5.41, 5.74) is 7.14. The first kappa shape index (κ1) is 36.3. The minimum atomic E-state index is -1.44. The third-order valence-corrected chi connectivity index (χ3v) is 12.9. The Hall–Kier alpha value is -4.68. The van der Waals surface area contributed by atoms with E-state index in [0.29, 0.717) is 31.9 Å². The largest absolute Gasteiger partial charge is 0.489 e. The highest BCUT2D eigenvalue weighted by molar-refractivity contribution is 9.10. The number of thiophene rings is 2. The molecular weight excluding hydrogens is 787 g/mol. The van der Waals surface area contributed by atoms with Crippen LogP contribution in [-0.2, 0) is 35.9 Å². The SMILES string of the molecule is Cc1sc2c(c1-c1ccnc3ccccc13)COCc1nnc(C)n1-2.Cc1sc2c(c1Br)COCc1nnc(C)n1-2.OB(O)c1ccnc2ccccc12. The van der Waals surface area contributed by atoms with E-state index in [0.717, 1.165) is 44.2 Å². The Morgan fingerprint density at radius 2 is 1.19 bits per heavy atom. The van der Waals surface area contributed by atoms with Crippen LogP contribution >= 0.6 is 38.6 Å². The Bertz CT molecular complexity index is 2640. The van der Waals surface area contributed by atoms with Gasteiger partial charge in [0, 0.05) is 48.7 Å². The number of ether oxygens (including phenoxy) is 2. The zero-order valence-corrected chi connectivity index (χ0v) is 33.0. The van der Waals surface area contributed by atoms with Crippen LogP contribution < -0.4 is 5.46 Å². The number of halogens is 1. The van der Waals surface area contributed by atoms with E-state index in [-0.39, 0.29) is 0 Å². The number of pyridine rings is 2. The fourth-order valence-electron chi connectivity index (χ4n) is 6.78. The molecule has 0 saturated heterocycles. The van der Waals surface area contributed by atoms with Crippen LogP contribution in [0.15, 0.2) is 77.5 Å². The fraction of sp³-hybridized carbons (Fsp3) is 0.211. The lowest BCUT2D eigenvalue weighted by atomic mass is 9.78. The third-order valence-electron chi connectivity index (χ3n) is 9.27. The summed E-state index contributed by atoms with van der Waals surface area (Å²) in [6.07, 6.45) is 3.45. The Morgan fingerprint density at radius 1 is 0.648 bits per heavy atom. The molecule has 2 aromatic carbocycles. The van der Waals surface area contributed by atoms with Gasteiger partial charge in [0.25, 0.3) is 0 Å². The molecule has 8 heterocycles. The number of para-hydroxylation sites is 2. The molecule has 10 rings (SSSR count). The fourth-order valence-corrected chi connectivity index (χ4v) is 9.81. The molecule has 0 bridgehead atoms. The summed E-state index contributed by atoms with van der Waals surface area (Å²) in [7, 11) is -1.44. The normalized spacial score (nSPS) is 13.0. The Labute approximate surface area is 327 Å². The van der Waals surface area contributed by atoms with Gasteiger partial charge in [-0.3, -0.25) is 19.1 Å². The van der Waals surface area contributed by atoms with Gasteiger partial charge >= 0.3 is 7.12 Å². The second-order valence-electron chi connectivity index (χ2n) is 12.7. The highest BCUT2D eigenvalue weighted by Crippen LogP contribution is 2.43. The molecule has 0 spiro atoms. The number of fused-ring (bicyclic) bond motifs is 8. The molecule has 2 N–H and O–H groups in total. The molecule has 6 aromatic heterocycles. The summed E-state index contributed by atoms with van der Waals surface area (Å²) in [4.78, 5) is 11.1. The van der Waals surface area contributed by atoms with Gasteiger partial charge in [0.2, 0.25) is 0 Å². The van der Waals surface area contributed by atoms with E-state index in [2.05, 4.69) is 93.5 Å². The van der Waals surface area contributed by atoms with Crippen molar-refractivity contribution in [1.82, 2.24) is 39.5 Å². The van der Waals surface area contributed by atoms with Crippen molar-refractivity contribution in [2.45, 2.75) is 54.1 Å². The second kappa shape index (κ2) is 15.2. The number of hydrogen-bond donors (Lipinski definition) is 2. The van der Waals surface area contributed by atoms with Gasteiger partial charge in [-0.25, -0.2) is 0 Å². The molecule has 2 aliphatic heterocycles. The molecule has 2 aliphatic rings. The molecule has 0 fully saturated rings. The Kier molecular flexibility index (Phi) is 10.2. The minimum absolute atomic E-state index is 0.484. The first-order valence-corrected chi connectivity index (χ1v) is 19.6. The molecule has 54 heavy (non-hydrogen) atoms. The monoisotopic (exact) mass is 820 g/mol. The van der Waals surface area contributed by atoms with E-state index in [4.69, 9.17) is 19.5 Å². The van der Waals surface area contributed by atoms with E-state index in [1.165, 1.54) is 47.4 Å². The van der Waals surface area contributed by atoms with Gasteiger partial charge in [0.05, 0.1) is 24.2 Å². The van der Waals surface area contributed by atoms with Crippen molar-refractivity contribution in [3.05, 3.63) is 122 Å². The average molecular weight is 822 g/mol. The number of hydrogen-bond acceptors (Lipinski definition) is 12. The molecule has 0 unspecified atom stereocenters. The predicted molar refractivity (Wildman–Crippen MR) is 214 cm³/mol. The topological polar surface area (TPSA) is 146 Å². The molecule has 0 amide bonds. The number of nitrogens with zero attached hydrogens (tertiary/aromatic N) is 8. The van der Waals surface area contributed by atoms with E-state index in [9.17, 15) is 0 Å². The van der Waals surface area contributed by atoms with Crippen molar-refractivity contribution in [1.29, 1.82) is 0 Å². The Balaban J connectivity index is 0.000000123. The number of aromatic nitrogens is 8. The summed E-state index contributed by atoms with van der Waals surface area (Å²) in [6.45, 7) is 10.4. The Morgan fingerprint density at radius 3 is 1.83 bits per heavy atom. The van der Waals surface area contributed by atoms with Crippen LogP contribution in [0, 0.1) is 27.7 Å². The highest BCUT2D eigenvalue weighted by Gasteiger charge is 2.26. The van der Waals surface area contributed by atoms with Crippen molar-refractivity contribution in [3.8, 4) is 21.1 Å². The molecule has 8 aromatic rings. The molecule has 16 heteroatoms. The number of benzene rings is 2. The van der Waals surface area contributed by atoms with Crippen LogP contribution in [0.5, 0.6) is 0 Å². The van der Waals surface area contributed by atoms with Gasteiger partial charge in [-0.2, -0.15) is 0 Å². The van der Waals surface area contributed by atoms with Crippen molar-refractivity contribution in [2.24, 2.45) is 0 Å². The predicted octanol–water partition coefficient (Wildman–Crippen LogP) is 6.84. The lowest BCUT2D eigenvalue weighted by Gasteiger charge is -2.09. The molecular formula is C38H34BBrN8O4S2. The molecule has 0 radical (unpaired) electrons. The third kappa shape index (κ3) is 6.68. The van der Waals surface area contributed by atoms with Gasteiger partial charge in [-0.15, -0.1) is 43.1 Å². The lowest BCUT2D eigenvalue weighted by molar-refractivity contribution is 0.105. The maximum absolute atomic E-state index is 9.05. The minimum Gasteiger partial charge on any atom is -0.423 e. The first-order chi connectivity index (χ1) is 26.2. The smallest absolute Gasteiger partial charge is 0.423 e. The standard InChI is InChI=1S/C19H16N4OS.C10H10BrN3OS.C9H8BNO2/c1-11-18(14-7-8-20-16-6-4-3-5-13(14)16)15-9-24-10-17-22-21-12(2)23(17)19(15)25-11;1-5-9(11)7-3-15-4-8-13-12-6(2)14(8)10(7)16-5;12-10(13)8-5-6-11-9-4-2-1-3-7(8)9/h3-8H,9-10H2,1-2H3;3-4H2,1-2H3;1-6,12-13H. The van der Waals surface area contributed by atoms with Gasteiger partial charge in [0.1, 0.15) is 34.9 Å². The van der Waals surface area contributed by atoms with Gasteiger partial charge in [-0.1, -0.05) is 36.4 Å². The average Bonchev–Trinajstić information content (AvgIpc) is 3.83. The zero-order valence-electron chi connectivity index (χ0n) is 29.8. The summed E-state index contributed by atoms with van der Waals surface area (Å²) in [6, 6.07) is 19.3. The summed E-state index contributed by atoms with van der Waals surface area (Å²) >= 11 is 7.14. The van der Waals surface area contributed by atoms with Crippen LogP contribution in [0.4, 0.5) is 0 Å². The summed E-state index contributed by atoms with van der Waals surface area (Å²) in [5, 5.41) is 39.1. The van der Waals surface area contributed by atoms with Crippen molar-refractivity contribution < 1.29 is 19.5 Å². The van der Waals surface area contributed by atoms with E-state index in [1.54, 1.807) is 34.9 Å². The molecule has 272 valence electrons. The van der Waals surface area contributed by atoms with Crippen LogP contribution in [0.25, 0.3) is 42.9 Å². The first-order valence-electron chi connectivity index (χ1n) is 17.1. The number of aryl methyl sites for hydroxylation is 4. The van der Waals surface area contributed by atoms with Gasteiger partial charge in [0.15, 0.2) is 11.6 Å². The van der Waals surface area contributed by atoms with Gasteiger partial charge < -0.3 is 19.5 Å². The maximum atomic E-state index is 9.05. The van der Waals surface area contributed by atoms with Crippen LogP contribution in [0.3, 0.4) is 0 Å². The van der Waals surface area contributed by atoms with Crippen LogP contribution in [0.2, 0.25) is 0 Å². The van der Waals surface area contributed by atoms with Crippen molar-refractivity contribution in [3.63, 3.8) is 0 Å². The number of rotatable bonds is 2. The quantitative estimate of drug-likeness (QED) is 0.178. The van der Waals surface area contributed by atoms with Gasteiger partial charge in [-0.05, 0) is 84.3 Å². The van der Waals surface area contributed by atoms with E-state index < -0.39 is 7.12 Å². The van der Waals surface area contributed by atoms with Crippen LogP contribution in [-0.4, -0.2) is 56.7 Å². The molecule has 0 atom stereocenters. The molecule has 0 aliphatic carbocycles. The summed E-state index contributed by atoms with van der Waals surface area (Å²) < 4.78 is 16.9. The highest BCUT2D eigenvalue weighted by atomic mass is 79.9. The lowest BCUT2D eigenvalue weighted by Crippen LogP contribution is -2.30. The van der Waals surface area contributed by atoms with E-state index in [1.807, 2.05) is 50.4 Å². The summed E-state index contributed by atoms with van der Waals surface area (Å²) in [5.74, 6) is 3.55. The zero-order chi connectivity index (χ0) is 37.5.